The molecule has 0 amide bonds. The second-order valence-electron chi connectivity index (χ2n) is 4.14. The highest BCUT2D eigenvalue weighted by molar-refractivity contribution is 6.35. The summed E-state index contributed by atoms with van der Waals surface area (Å²) >= 11 is 11.9. The molecule has 1 N–H and O–H groups in total. The molecule has 0 atom stereocenters. The monoisotopic (exact) mass is 319 g/mol. The SMILES string of the molecule is CCNCc1cnn(-c2ccc(Cl)cc2Cl)c1C(F)F. The highest BCUT2D eigenvalue weighted by Gasteiger charge is 2.21. The number of alkyl halides is 2. The number of nitrogens with zero attached hydrogens (tertiary/aromatic N) is 2. The van der Waals surface area contributed by atoms with Crippen LogP contribution in [0, 0.1) is 0 Å². The van der Waals surface area contributed by atoms with E-state index in [-0.39, 0.29) is 10.7 Å². The highest BCUT2D eigenvalue weighted by atomic mass is 35.5. The fraction of sp³-hybridized carbons (Fsp3) is 0.308. The molecule has 0 aliphatic carbocycles. The average molecular weight is 320 g/mol. The van der Waals surface area contributed by atoms with Gasteiger partial charge in [-0.25, -0.2) is 13.5 Å². The number of halogens is 4. The quantitative estimate of drug-likeness (QED) is 0.894. The van der Waals surface area contributed by atoms with Gasteiger partial charge in [-0.3, -0.25) is 0 Å². The lowest BCUT2D eigenvalue weighted by Crippen LogP contribution is -2.14. The van der Waals surface area contributed by atoms with Gasteiger partial charge in [0.15, 0.2) is 0 Å². The van der Waals surface area contributed by atoms with Gasteiger partial charge in [-0.2, -0.15) is 5.10 Å². The smallest absolute Gasteiger partial charge is 0.280 e. The van der Waals surface area contributed by atoms with Crippen LogP contribution in [0.15, 0.2) is 24.4 Å². The van der Waals surface area contributed by atoms with Gasteiger partial charge >= 0.3 is 0 Å². The molecule has 7 heteroatoms. The predicted octanol–water partition coefficient (Wildman–Crippen LogP) is 4.23. The summed E-state index contributed by atoms with van der Waals surface area (Å²) in [5.41, 5.74) is 0.678. The fourth-order valence-electron chi connectivity index (χ4n) is 1.87. The first kappa shape index (κ1) is 15.2. The molecule has 0 radical (unpaired) electrons. The molecule has 0 aliphatic heterocycles. The number of aromatic nitrogens is 2. The van der Waals surface area contributed by atoms with Gasteiger partial charge in [0.05, 0.1) is 16.9 Å². The molecule has 0 unspecified atom stereocenters. The van der Waals surface area contributed by atoms with E-state index in [4.69, 9.17) is 23.2 Å². The molecular weight excluding hydrogens is 307 g/mol. The summed E-state index contributed by atoms with van der Waals surface area (Å²) < 4.78 is 27.7. The summed E-state index contributed by atoms with van der Waals surface area (Å²) in [6.45, 7) is 2.93. The average Bonchev–Trinajstić information content (AvgIpc) is 2.80. The molecule has 3 nitrogen and oxygen atoms in total. The van der Waals surface area contributed by atoms with Crippen LogP contribution in [0.4, 0.5) is 8.78 Å². The number of hydrogen-bond acceptors (Lipinski definition) is 2. The zero-order valence-electron chi connectivity index (χ0n) is 10.7. The summed E-state index contributed by atoms with van der Waals surface area (Å²) in [7, 11) is 0. The molecule has 20 heavy (non-hydrogen) atoms. The molecule has 0 saturated heterocycles. The Morgan fingerprint density at radius 3 is 2.70 bits per heavy atom. The Kier molecular flexibility index (Phi) is 4.96. The van der Waals surface area contributed by atoms with E-state index in [2.05, 4.69) is 10.4 Å². The first-order valence-corrected chi connectivity index (χ1v) is 6.81. The van der Waals surface area contributed by atoms with E-state index in [0.29, 0.717) is 29.4 Å². The van der Waals surface area contributed by atoms with E-state index in [0.717, 1.165) is 4.68 Å². The van der Waals surface area contributed by atoms with Crippen molar-refractivity contribution in [3.8, 4) is 5.69 Å². The van der Waals surface area contributed by atoms with Crippen LogP contribution in [-0.2, 0) is 6.54 Å². The van der Waals surface area contributed by atoms with Gasteiger partial charge in [-0.1, -0.05) is 30.1 Å². The van der Waals surface area contributed by atoms with Crippen molar-refractivity contribution in [1.29, 1.82) is 0 Å². The summed E-state index contributed by atoms with van der Waals surface area (Å²) in [4.78, 5) is 0. The van der Waals surface area contributed by atoms with E-state index in [9.17, 15) is 8.78 Å². The van der Waals surface area contributed by atoms with Gasteiger partial charge in [0.1, 0.15) is 5.69 Å². The van der Waals surface area contributed by atoms with Crippen LogP contribution >= 0.6 is 23.2 Å². The van der Waals surface area contributed by atoms with Crippen molar-refractivity contribution in [2.75, 3.05) is 6.54 Å². The van der Waals surface area contributed by atoms with Gasteiger partial charge in [0.2, 0.25) is 0 Å². The van der Waals surface area contributed by atoms with Crippen molar-refractivity contribution < 1.29 is 8.78 Å². The molecule has 0 bridgehead atoms. The maximum absolute atomic E-state index is 13.3. The molecule has 2 aromatic rings. The minimum atomic E-state index is -2.64. The summed E-state index contributed by atoms with van der Waals surface area (Å²) in [5, 5.41) is 7.75. The first-order chi connectivity index (χ1) is 9.54. The third-order valence-electron chi connectivity index (χ3n) is 2.80. The Hall–Kier alpha value is -1.17. The Morgan fingerprint density at radius 1 is 1.35 bits per heavy atom. The van der Waals surface area contributed by atoms with Crippen LogP contribution < -0.4 is 5.32 Å². The molecule has 0 spiro atoms. The van der Waals surface area contributed by atoms with Crippen molar-refractivity contribution in [2.24, 2.45) is 0 Å². The maximum Gasteiger partial charge on any atom is 0.280 e. The van der Waals surface area contributed by atoms with Gasteiger partial charge in [0, 0.05) is 17.1 Å². The zero-order valence-corrected chi connectivity index (χ0v) is 12.2. The Morgan fingerprint density at radius 2 is 2.10 bits per heavy atom. The van der Waals surface area contributed by atoms with E-state index in [1.807, 2.05) is 6.92 Å². The number of benzene rings is 1. The summed E-state index contributed by atoms with van der Waals surface area (Å²) in [5.74, 6) is 0. The number of nitrogens with one attached hydrogen (secondary N) is 1. The fourth-order valence-corrected chi connectivity index (χ4v) is 2.35. The van der Waals surface area contributed by atoms with Crippen molar-refractivity contribution in [3.63, 3.8) is 0 Å². The topological polar surface area (TPSA) is 29.9 Å². The highest BCUT2D eigenvalue weighted by Crippen LogP contribution is 2.30. The molecule has 1 aromatic heterocycles. The van der Waals surface area contributed by atoms with Crippen LogP contribution in [0.3, 0.4) is 0 Å². The predicted molar refractivity (Wildman–Crippen MR) is 75.9 cm³/mol. The molecule has 0 saturated carbocycles. The van der Waals surface area contributed by atoms with Gasteiger partial charge in [-0.15, -0.1) is 0 Å². The zero-order chi connectivity index (χ0) is 14.7. The molecule has 1 heterocycles. The van der Waals surface area contributed by atoms with E-state index in [1.165, 1.54) is 12.3 Å². The third kappa shape index (κ3) is 3.11. The molecular formula is C13H13Cl2F2N3. The van der Waals surface area contributed by atoms with Gasteiger partial charge in [0.25, 0.3) is 6.43 Å². The molecule has 0 fully saturated rings. The van der Waals surface area contributed by atoms with Gasteiger partial charge in [-0.05, 0) is 24.7 Å². The normalized spacial score (nSPS) is 11.3. The summed E-state index contributed by atoms with van der Waals surface area (Å²) in [6.07, 6.45) is -1.22. The molecule has 2 rings (SSSR count). The van der Waals surface area contributed by atoms with Crippen molar-refractivity contribution >= 4 is 23.2 Å². The van der Waals surface area contributed by atoms with Crippen LogP contribution in [-0.4, -0.2) is 16.3 Å². The number of rotatable bonds is 5. The van der Waals surface area contributed by atoms with Crippen LogP contribution in [0.1, 0.15) is 24.6 Å². The minimum absolute atomic E-state index is 0.157. The van der Waals surface area contributed by atoms with E-state index >= 15 is 0 Å². The van der Waals surface area contributed by atoms with Crippen LogP contribution in [0.2, 0.25) is 10.0 Å². The second kappa shape index (κ2) is 6.52. The lowest BCUT2D eigenvalue weighted by Gasteiger charge is -2.11. The van der Waals surface area contributed by atoms with Crippen molar-refractivity contribution in [2.45, 2.75) is 19.9 Å². The minimum Gasteiger partial charge on any atom is -0.313 e. The Labute approximate surface area is 125 Å². The van der Waals surface area contributed by atoms with Crippen LogP contribution in [0.25, 0.3) is 5.69 Å². The first-order valence-electron chi connectivity index (χ1n) is 6.05. The van der Waals surface area contributed by atoms with Gasteiger partial charge < -0.3 is 5.32 Å². The molecule has 0 aliphatic rings. The Bertz CT molecular complexity index is 599. The van der Waals surface area contributed by atoms with Crippen molar-refractivity contribution in [1.82, 2.24) is 15.1 Å². The molecule has 108 valence electrons. The maximum atomic E-state index is 13.3. The largest absolute Gasteiger partial charge is 0.313 e. The van der Waals surface area contributed by atoms with E-state index in [1.54, 1.807) is 12.1 Å². The summed E-state index contributed by atoms with van der Waals surface area (Å²) in [6, 6.07) is 4.66. The standard InChI is InChI=1S/C13H13Cl2F2N3/c1-2-18-6-8-7-19-20(12(8)13(16)17)11-4-3-9(14)5-10(11)15/h3-5,7,13,18H,2,6H2,1H3. The number of hydrogen-bond donors (Lipinski definition) is 1. The molecule has 1 aromatic carbocycles. The van der Waals surface area contributed by atoms with Crippen LogP contribution in [0.5, 0.6) is 0 Å². The third-order valence-corrected chi connectivity index (χ3v) is 3.33. The van der Waals surface area contributed by atoms with Crippen molar-refractivity contribution in [3.05, 3.63) is 45.7 Å². The lowest BCUT2D eigenvalue weighted by atomic mass is 10.2. The Balaban J connectivity index is 2.48. The lowest BCUT2D eigenvalue weighted by molar-refractivity contribution is 0.141. The van der Waals surface area contributed by atoms with E-state index < -0.39 is 6.43 Å². The second-order valence-corrected chi connectivity index (χ2v) is 4.99.